The summed E-state index contributed by atoms with van der Waals surface area (Å²) in [6, 6.07) is 0. The Morgan fingerprint density at radius 3 is 0.649 bits per heavy atom. The van der Waals surface area contributed by atoms with Crippen molar-refractivity contribution in [1.29, 1.82) is 0 Å². The molecule has 0 rings (SSSR count). The minimum Gasteiger partial charge on any atom is -0.380 e. The van der Waals surface area contributed by atoms with Gasteiger partial charge in [-0.3, -0.25) is 0 Å². The van der Waals surface area contributed by atoms with Gasteiger partial charge in [0, 0.05) is 37.3 Å². The molecule has 77 heavy (non-hydrogen) atoms. The lowest BCUT2D eigenvalue weighted by atomic mass is 9.86. The van der Waals surface area contributed by atoms with Crippen LogP contribution in [0, 0.1) is 10.8 Å². The summed E-state index contributed by atoms with van der Waals surface area (Å²) in [5, 5.41) is 0. The topological polar surface area (TPSA) is 194 Å². The van der Waals surface area contributed by atoms with E-state index >= 15 is 0 Å². The van der Waals surface area contributed by atoms with Crippen LogP contribution < -0.4 is 0 Å². The number of ether oxygens (including phenoxy) is 13. The molecule has 21 heteroatoms. The molecule has 0 aromatic heterocycles. The van der Waals surface area contributed by atoms with E-state index in [0.29, 0.717) is 145 Å². The molecule has 0 saturated carbocycles. The molecular formula is C56H114O21. The second-order valence-electron chi connectivity index (χ2n) is 19.1. The Balaban J connectivity index is 7.01. The van der Waals surface area contributed by atoms with E-state index in [2.05, 4.69) is 41.5 Å². The maximum absolute atomic E-state index is 6.94. The van der Waals surface area contributed by atoms with Gasteiger partial charge in [-0.15, -0.1) is 0 Å². The molecule has 0 aromatic rings. The fourth-order valence-electron chi connectivity index (χ4n) is 6.48. The van der Waals surface area contributed by atoms with Crippen LogP contribution in [0.3, 0.4) is 0 Å². The lowest BCUT2D eigenvalue weighted by Crippen LogP contribution is -2.45. The zero-order valence-electron chi connectivity index (χ0n) is 50.2. The zero-order valence-corrected chi connectivity index (χ0v) is 50.2. The Bertz CT molecular complexity index is 1020. The molecule has 0 bridgehead atoms. The Morgan fingerprint density at radius 1 is 0.208 bits per heavy atom. The SMILES string of the molecule is CCCOCCOCC(COCCOCCC)OCC(CC)(COCC(CC)(COC(COOCCC)COOCCC)COC(COOCCC)COOCCC)COC(COCCOCCC)COCCOCCC. The maximum atomic E-state index is 6.94. The van der Waals surface area contributed by atoms with E-state index in [9.17, 15) is 0 Å². The van der Waals surface area contributed by atoms with Crippen LogP contribution >= 0.6 is 0 Å². The molecule has 464 valence electrons. The van der Waals surface area contributed by atoms with Crippen molar-refractivity contribution in [3.8, 4) is 0 Å². The van der Waals surface area contributed by atoms with Crippen LogP contribution in [0.15, 0.2) is 0 Å². The van der Waals surface area contributed by atoms with Gasteiger partial charge >= 0.3 is 0 Å². The molecule has 0 radical (unpaired) electrons. The monoisotopic (exact) mass is 1120 g/mol. The highest BCUT2D eigenvalue weighted by atomic mass is 17.2. The average molecular weight is 1120 g/mol. The van der Waals surface area contributed by atoms with Gasteiger partial charge in [-0.2, -0.15) is 0 Å². The Labute approximate surface area is 466 Å². The van der Waals surface area contributed by atoms with Crippen molar-refractivity contribution in [1.82, 2.24) is 0 Å². The molecule has 0 aliphatic heterocycles. The molecule has 0 aliphatic rings. The molecule has 0 atom stereocenters. The van der Waals surface area contributed by atoms with E-state index in [4.69, 9.17) is 101 Å². The Morgan fingerprint density at radius 2 is 0.429 bits per heavy atom. The average Bonchev–Trinajstić information content (AvgIpc) is 3.44. The van der Waals surface area contributed by atoms with E-state index in [-0.39, 0.29) is 66.1 Å². The highest BCUT2D eigenvalue weighted by Crippen LogP contribution is 2.30. The van der Waals surface area contributed by atoms with Crippen molar-refractivity contribution in [3.05, 3.63) is 0 Å². The molecular weight excluding hydrogens is 1010 g/mol. The van der Waals surface area contributed by atoms with Crippen molar-refractivity contribution in [3.63, 3.8) is 0 Å². The van der Waals surface area contributed by atoms with Crippen LogP contribution in [-0.4, -0.2) is 223 Å². The van der Waals surface area contributed by atoms with Crippen LogP contribution in [0.25, 0.3) is 0 Å². The third-order valence-electron chi connectivity index (χ3n) is 11.4. The number of hydrogen-bond acceptors (Lipinski definition) is 21. The molecule has 0 aliphatic carbocycles. The van der Waals surface area contributed by atoms with Gasteiger partial charge in [0.05, 0.1) is 145 Å². The largest absolute Gasteiger partial charge is 0.380 e. The lowest BCUT2D eigenvalue weighted by molar-refractivity contribution is -0.340. The van der Waals surface area contributed by atoms with Gasteiger partial charge < -0.3 is 61.6 Å². The summed E-state index contributed by atoms with van der Waals surface area (Å²) in [6.07, 6.45) is 6.24. The van der Waals surface area contributed by atoms with Crippen LogP contribution in [0.5, 0.6) is 0 Å². The fourth-order valence-corrected chi connectivity index (χ4v) is 6.48. The van der Waals surface area contributed by atoms with Crippen LogP contribution in [0.4, 0.5) is 0 Å². The first-order chi connectivity index (χ1) is 37.8. The lowest BCUT2D eigenvalue weighted by Gasteiger charge is -2.38. The molecule has 21 nitrogen and oxygen atoms in total. The molecule has 0 amide bonds. The van der Waals surface area contributed by atoms with E-state index in [1.54, 1.807) is 0 Å². The summed E-state index contributed by atoms with van der Waals surface area (Å²) >= 11 is 0. The second-order valence-corrected chi connectivity index (χ2v) is 19.1. The quantitative estimate of drug-likeness (QED) is 0.0319. The summed E-state index contributed by atoms with van der Waals surface area (Å²) in [7, 11) is 0. The van der Waals surface area contributed by atoms with Gasteiger partial charge in [-0.05, 0) is 64.2 Å². The first kappa shape index (κ1) is 76.2. The van der Waals surface area contributed by atoms with E-state index in [0.717, 1.165) is 51.4 Å². The standard InChI is InChI=1S/C56H114O21/c1-11-21-57-29-33-61-37-51(38-62-34-30-58-22-12-2)66-47-55(19-9,48-67-52(39-63-35-31-59-23-13-3)40-64-36-32-60-24-14-4)45-65-46-56(20-10,49-68-53(41-74-70-25-15-5)42-75-71-26-16-6)50-69-54(43-76-72-27-17-7)44-77-73-28-18-8/h51-54H,11-50H2,1-10H3. The molecule has 0 unspecified atom stereocenters. The van der Waals surface area contributed by atoms with E-state index < -0.39 is 35.2 Å². The minimum absolute atomic E-state index is 0.108. The molecule has 0 heterocycles. The zero-order chi connectivity index (χ0) is 56.4. The first-order valence-electron chi connectivity index (χ1n) is 29.4. The normalized spacial score (nSPS) is 12.5. The summed E-state index contributed by atoms with van der Waals surface area (Å²) < 4.78 is 81.0. The van der Waals surface area contributed by atoms with E-state index in [1.807, 2.05) is 27.7 Å². The van der Waals surface area contributed by atoms with Gasteiger partial charge in [0.1, 0.15) is 50.8 Å². The van der Waals surface area contributed by atoms with Crippen molar-refractivity contribution in [2.75, 3.05) is 198 Å². The number of hydrogen-bond donors (Lipinski definition) is 0. The smallest absolute Gasteiger partial charge is 0.111 e. The summed E-state index contributed by atoms with van der Waals surface area (Å²) in [4.78, 5) is 43.8. The Kier molecular flexibility index (Phi) is 57.7. The Hall–Kier alpha value is -0.840. The maximum Gasteiger partial charge on any atom is 0.111 e. The molecule has 0 aromatic carbocycles. The summed E-state index contributed by atoms with van der Waals surface area (Å²) in [6.45, 7) is 31.7. The minimum atomic E-state index is -0.714. The van der Waals surface area contributed by atoms with Gasteiger partial charge in [0.15, 0.2) is 0 Å². The molecule has 0 spiro atoms. The van der Waals surface area contributed by atoms with Gasteiger partial charge in [-0.25, -0.2) is 39.1 Å². The van der Waals surface area contributed by atoms with Crippen LogP contribution in [0.1, 0.15) is 133 Å². The first-order valence-corrected chi connectivity index (χ1v) is 29.4. The van der Waals surface area contributed by atoms with E-state index in [1.165, 1.54) is 0 Å². The highest BCUT2D eigenvalue weighted by Gasteiger charge is 2.37. The van der Waals surface area contributed by atoms with Crippen LogP contribution in [-0.2, 0) is 101 Å². The van der Waals surface area contributed by atoms with Gasteiger partial charge in [0.25, 0.3) is 0 Å². The van der Waals surface area contributed by atoms with Gasteiger partial charge in [-0.1, -0.05) is 69.2 Å². The summed E-state index contributed by atoms with van der Waals surface area (Å²) in [5.41, 5.74) is -1.38. The fraction of sp³-hybridized carbons (Fsp3) is 1.00. The van der Waals surface area contributed by atoms with Crippen LogP contribution in [0.2, 0.25) is 0 Å². The second kappa shape index (κ2) is 58.4. The van der Waals surface area contributed by atoms with Gasteiger partial charge in [0.2, 0.25) is 0 Å². The third kappa shape index (κ3) is 46.4. The molecule has 0 N–H and O–H groups in total. The van der Waals surface area contributed by atoms with Crippen molar-refractivity contribution >= 4 is 0 Å². The molecule has 0 fully saturated rings. The van der Waals surface area contributed by atoms with Crippen molar-refractivity contribution in [2.45, 2.75) is 158 Å². The van der Waals surface area contributed by atoms with Crippen molar-refractivity contribution in [2.24, 2.45) is 10.8 Å². The summed E-state index contributed by atoms with van der Waals surface area (Å²) in [5.74, 6) is 0. The molecule has 0 saturated heterocycles. The van der Waals surface area contributed by atoms with Crippen molar-refractivity contribution < 1.29 is 101 Å². The number of rotatable bonds is 66. The predicted molar refractivity (Wildman–Crippen MR) is 292 cm³/mol. The third-order valence-corrected chi connectivity index (χ3v) is 11.4. The predicted octanol–water partition coefficient (Wildman–Crippen LogP) is 8.54. The highest BCUT2D eigenvalue weighted by molar-refractivity contribution is 4.83.